The van der Waals surface area contributed by atoms with Gasteiger partial charge < -0.3 is 4.74 Å². The summed E-state index contributed by atoms with van der Waals surface area (Å²) in [5, 5.41) is 5.17. The molecule has 0 spiro atoms. The molecule has 1 aliphatic rings. The van der Waals surface area contributed by atoms with Crippen LogP contribution < -0.4 is 4.74 Å². The molecule has 1 heterocycles. The van der Waals surface area contributed by atoms with Crippen molar-refractivity contribution in [3.8, 4) is 5.75 Å². The quantitative estimate of drug-likeness (QED) is 0.609. The highest BCUT2D eigenvalue weighted by atomic mass is 16.5. The molecule has 0 radical (unpaired) electrons. The van der Waals surface area contributed by atoms with Crippen LogP contribution in [0.4, 0.5) is 0 Å². The van der Waals surface area contributed by atoms with Gasteiger partial charge in [-0.05, 0) is 36.6 Å². The van der Waals surface area contributed by atoms with Crippen LogP contribution in [0, 0.1) is 0 Å². The minimum Gasteiger partial charge on any atom is -0.494 e. The van der Waals surface area contributed by atoms with Gasteiger partial charge in [-0.25, -0.2) is 10.0 Å². The Labute approximate surface area is 177 Å². The van der Waals surface area contributed by atoms with Crippen LogP contribution in [0.15, 0.2) is 54.6 Å². The molecule has 1 unspecified atom stereocenters. The fraction of sp³-hybridized carbons (Fsp3) is 0.520. The maximum Gasteiger partial charge on any atom is 0.119 e. The molecule has 4 nitrogen and oxygen atoms in total. The number of hydrazine groups is 1. The molecular weight excluding hydrogens is 358 g/mol. The lowest BCUT2D eigenvalue weighted by Gasteiger charge is -2.54. The summed E-state index contributed by atoms with van der Waals surface area (Å²) in [6.07, 6.45) is 1.09. The van der Waals surface area contributed by atoms with Crippen molar-refractivity contribution in [2.24, 2.45) is 0 Å². The summed E-state index contributed by atoms with van der Waals surface area (Å²) in [7, 11) is 0. The predicted octanol–water partition coefficient (Wildman–Crippen LogP) is 4.77. The van der Waals surface area contributed by atoms with Gasteiger partial charge in [-0.1, -0.05) is 63.2 Å². The van der Waals surface area contributed by atoms with E-state index in [1.165, 1.54) is 11.1 Å². The van der Waals surface area contributed by atoms with Crippen LogP contribution in [-0.2, 0) is 12.1 Å². The zero-order chi connectivity index (χ0) is 20.7. The van der Waals surface area contributed by atoms with Crippen LogP contribution in [0.1, 0.15) is 45.2 Å². The van der Waals surface area contributed by atoms with E-state index in [4.69, 9.17) is 4.74 Å². The van der Waals surface area contributed by atoms with E-state index in [0.29, 0.717) is 6.61 Å². The lowest BCUT2D eigenvalue weighted by molar-refractivity contribution is -0.151. The first kappa shape index (κ1) is 21.8. The highest BCUT2D eigenvalue weighted by molar-refractivity contribution is 5.28. The molecular formula is C25H37N3O. The summed E-state index contributed by atoms with van der Waals surface area (Å²) in [4.78, 5) is 2.62. The van der Waals surface area contributed by atoms with Crippen LogP contribution >= 0.6 is 0 Å². The van der Waals surface area contributed by atoms with Gasteiger partial charge in [-0.2, -0.15) is 0 Å². The molecule has 2 aromatic carbocycles. The second kappa shape index (κ2) is 10.2. The van der Waals surface area contributed by atoms with E-state index in [1.807, 2.05) is 6.92 Å². The SMILES string of the molecule is CCOc1ccc(CN2CCN(N(CC)CC)C(CC)(c3ccccc3)C2)cc1. The molecule has 1 aliphatic heterocycles. The molecule has 29 heavy (non-hydrogen) atoms. The molecule has 0 amide bonds. The summed E-state index contributed by atoms with van der Waals surface area (Å²) in [5.41, 5.74) is 2.78. The second-order valence-corrected chi connectivity index (χ2v) is 7.80. The van der Waals surface area contributed by atoms with Crippen molar-refractivity contribution in [3.05, 3.63) is 65.7 Å². The maximum atomic E-state index is 5.60. The standard InChI is InChI=1S/C25H37N3O/c1-5-25(23-12-10-9-11-13-23)21-26(18-19-28(25)27(6-2)7-3)20-22-14-16-24(17-15-22)29-8-4/h9-17H,5-8,18-21H2,1-4H3. The summed E-state index contributed by atoms with van der Waals surface area (Å²) >= 11 is 0. The van der Waals surface area contributed by atoms with Crippen molar-refractivity contribution in [2.75, 3.05) is 39.3 Å². The van der Waals surface area contributed by atoms with E-state index in [9.17, 15) is 0 Å². The molecule has 0 N–H and O–H groups in total. The Morgan fingerprint density at radius 3 is 2.17 bits per heavy atom. The third-order valence-corrected chi connectivity index (χ3v) is 6.22. The number of hydrogen-bond donors (Lipinski definition) is 0. The number of rotatable bonds is 9. The Bertz CT molecular complexity index is 729. The van der Waals surface area contributed by atoms with E-state index >= 15 is 0 Å². The molecule has 1 atom stereocenters. The first-order valence-corrected chi connectivity index (χ1v) is 11.2. The summed E-state index contributed by atoms with van der Waals surface area (Å²) in [6.45, 7) is 15.9. The fourth-order valence-corrected chi connectivity index (χ4v) is 4.70. The third kappa shape index (κ3) is 4.82. The van der Waals surface area contributed by atoms with Gasteiger partial charge in [0.15, 0.2) is 0 Å². The molecule has 0 aliphatic carbocycles. The summed E-state index contributed by atoms with van der Waals surface area (Å²) < 4.78 is 5.60. The van der Waals surface area contributed by atoms with Gasteiger partial charge in [0.2, 0.25) is 0 Å². The Morgan fingerprint density at radius 1 is 0.897 bits per heavy atom. The van der Waals surface area contributed by atoms with Gasteiger partial charge in [-0.3, -0.25) is 4.90 Å². The van der Waals surface area contributed by atoms with Crippen LogP contribution in [0.2, 0.25) is 0 Å². The van der Waals surface area contributed by atoms with Gasteiger partial charge in [-0.15, -0.1) is 0 Å². The van der Waals surface area contributed by atoms with Crippen molar-refractivity contribution < 1.29 is 4.74 Å². The van der Waals surface area contributed by atoms with Crippen molar-refractivity contribution in [1.82, 2.24) is 14.9 Å². The van der Waals surface area contributed by atoms with E-state index in [0.717, 1.165) is 51.4 Å². The number of ether oxygens (including phenoxy) is 1. The number of piperazine rings is 1. The maximum absolute atomic E-state index is 5.60. The average Bonchev–Trinajstić information content (AvgIpc) is 2.77. The zero-order valence-electron chi connectivity index (χ0n) is 18.6. The first-order valence-electron chi connectivity index (χ1n) is 11.2. The Morgan fingerprint density at radius 2 is 1.59 bits per heavy atom. The highest BCUT2D eigenvalue weighted by Gasteiger charge is 2.43. The topological polar surface area (TPSA) is 19.0 Å². The van der Waals surface area contributed by atoms with E-state index in [-0.39, 0.29) is 5.54 Å². The Balaban J connectivity index is 1.85. The van der Waals surface area contributed by atoms with Crippen molar-refractivity contribution in [2.45, 2.75) is 46.2 Å². The minimum atomic E-state index is 0.0107. The largest absolute Gasteiger partial charge is 0.494 e. The van der Waals surface area contributed by atoms with Gasteiger partial charge in [0.1, 0.15) is 5.75 Å². The number of hydrogen-bond acceptors (Lipinski definition) is 4. The van der Waals surface area contributed by atoms with Gasteiger partial charge in [0, 0.05) is 39.3 Å². The number of benzene rings is 2. The van der Waals surface area contributed by atoms with Crippen molar-refractivity contribution in [3.63, 3.8) is 0 Å². The third-order valence-electron chi connectivity index (χ3n) is 6.22. The molecule has 1 saturated heterocycles. The minimum absolute atomic E-state index is 0.0107. The molecule has 158 valence electrons. The van der Waals surface area contributed by atoms with Crippen molar-refractivity contribution in [1.29, 1.82) is 0 Å². The normalized spacial score (nSPS) is 20.9. The summed E-state index contributed by atoms with van der Waals surface area (Å²) in [5.74, 6) is 0.954. The van der Waals surface area contributed by atoms with Crippen molar-refractivity contribution >= 4 is 0 Å². The molecule has 0 aromatic heterocycles. The molecule has 1 fully saturated rings. The van der Waals surface area contributed by atoms with Crippen LogP contribution in [0.5, 0.6) is 5.75 Å². The average molecular weight is 396 g/mol. The van der Waals surface area contributed by atoms with Crippen LogP contribution in [0.25, 0.3) is 0 Å². The van der Waals surface area contributed by atoms with Crippen LogP contribution in [-0.4, -0.2) is 54.2 Å². The van der Waals surface area contributed by atoms with E-state index in [1.54, 1.807) is 0 Å². The fourth-order valence-electron chi connectivity index (χ4n) is 4.70. The lowest BCUT2D eigenvalue weighted by Crippen LogP contribution is -2.64. The molecule has 4 heteroatoms. The Hall–Kier alpha value is -1.88. The molecule has 0 bridgehead atoms. The zero-order valence-corrected chi connectivity index (χ0v) is 18.6. The summed E-state index contributed by atoms with van der Waals surface area (Å²) in [6, 6.07) is 19.7. The lowest BCUT2D eigenvalue weighted by atomic mass is 9.84. The number of nitrogens with zero attached hydrogens (tertiary/aromatic N) is 3. The molecule has 2 aromatic rings. The van der Waals surface area contributed by atoms with Crippen LogP contribution in [0.3, 0.4) is 0 Å². The molecule has 0 saturated carbocycles. The van der Waals surface area contributed by atoms with Gasteiger partial charge in [0.05, 0.1) is 12.1 Å². The van der Waals surface area contributed by atoms with E-state index < -0.39 is 0 Å². The predicted molar refractivity (Wildman–Crippen MR) is 121 cm³/mol. The smallest absolute Gasteiger partial charge is 0.119 e. The van der Waals surface area contributed by atoms with E-state index in [2.05, 4.69) is 90.3 Å². The monoisotopic (exact) mass is 395 g/mol. The van der Waals surface area contributed by atoms with Gasteiger partial charge in [0.25, 0.3) is 0 Å². The second-order valence-electron chi connectivity index (χ2n) is 7.80. The van der Waals surface area contributed by atoms with Gasteiger partial charge >= 0.3 is 0 Å². The highest BCUT2D eigenvalue weighted by Crippen LogP contribution is 2.37. The Kier molecular flexibility index (Phi) is 7.70. The first-order chi connectivity index (χ1) is 14.2. The molecule has 3 rings (SSSR count).